The van der Waals surface area contributed by atoms with Crippen molar-refractivity contribution in [3.05, 3.63) is 35.9 Å². The number of carbonyl (C=O) groups is 4. The summed E-state index contributed by atoms with van der Waals surface area (Å²) >= 11 is 0. The van der Waals surface area contributed by atoms with E-state index in [9.17, 15) is 19.2 Å². The van der Waals surface area contributed by atoms with Gasteiger partial charge in [-0.25, -0.2) is 0 Å². The summed E-state index contributed by atoms with van der Waals surface area (Å²) in [4.78, 5) is 55.6. The molecule has 2 N–H and O–H groups in total. The minimum atomic E-state index is -0.838. The molecule has 4 rings (SSSR count). The molecular formula is C25H34N4O6. The Hall–Kier alpha value is -2.98. The molecule has 0 saturated carbocycles. The Morgan fingerprint density at radius 2 is 1.83 bits per heavy atom. The predicted molar refractivity (Wildman–Crippen MR) is 126 cm³/mol. The van der Waals surface area contributed by atoms with Gasteiger partial charge < -0.3 is 29.9 Å². The zero-order chi connectivity index (χ0) is 24.9. The molecule has 0 radical (unpaired) electrons. The number of benzene rings is 1. The standard InChI is InChI=1S/C25H34N4O6/c1-3-34-25-19(13-21(30)35-25)27-23(32)20-15-28(2)14-17-11-7-8-12-18(24(33)29(17)20)26-22(31)16-9-5-4-6-10-16/h4-6,9-10,17-20,25H,3,7-8,11-15H2,1-2H3,(H,26,31)(H,27,32)/t17-,18-,19?,20-,25?/m0/s1. The van der Waals surface area contributed by atoms with Gasteiger partial charge in [-0.2, -0.15) is 0 Å². The van der Waals surface area contributed by atoms with Gasteiger partial charge in [0.05, 0.1) is 6.42 Å². The number of nitrogens with zero attached hydrogens (tertiary/aromatic N) is 2. The molecule has 3 amide bonds. The Bertz CT molecular complexity index is 941. The summed E-state index contributed by atoms with van der Waals surface area (Å²) in [5.74, 6) is -1.33. The third-order valence-electron chi connectivity index (χ3n) is 6.83. The van der Waals surface area contributed by atoms with E-state index in [2.05, 4.69) is 10.6 Å². The number of cyclic esters (lactones) is 1. The molecule has 1 aromatic rings. The molecular weight excluding hydrogens is 452 g/mol. The maximum Gasteiger partial charge on any atom is 0.310 e. The summed E-state index contributed by atoms with van der Waals surface area (Å²) in [6.07, 6.45) is 2.19. The summed E-state index contributed by atoms with van der Waals surface area (Å²) in [5.41, 5.74) is 0.486. The molecule has 1 aromatic carbocycles. The monoisotopic (exact) mass is 486 g/mol. The average molecular weight is 487 g/mol. The number of nitrogens with one attached hydrogen (secondary N) is 2. The number of hydrogen-bond donors (Lipinski definition) is 2. The molecule has 0 bridgehead atoms. The van der Waals surface area contributed by atoms with Gasteiger partial charge in [0.1, 0.15) is 18.1 Å². The molecule has 10 nitrogen and oxygen atoms in total. The lowest BCUT2D eigenvalue weighted by molar-refractivity contribution is -0.165. The van der Waals surface area contributed by atoms with E-state index in [1.807, 2.05) is 18.0 Å². The van der Waals surface area contributed by atoms with E-state index in [4.69, 9.17) is 9.47 Å². The van der Waals surface area contributed by atoms with Crippen LogP contribution in [0.1, 0.15) is 49.4 Å². The van der Waals surface area contributed by atoms with Gasteiger partial charge in [-0.15, -0.1) is 0 Å². The zero-order valence-corrected chi connectivity index (χ0v) is 20.3. The van der Waals surface area contributed by atoms with Crippen molar-refractivity contribution >= 4 is 23.7 Å². The van der Waals surface area contributed by atoms with Crippen LogP contribution >= 0.6 is 0 Å². The number of rotatable bonds is 6. The van der Waals surface area contributed by atoms with Crippen molar-refractivity contribution in [3.8, 4) is 0 Å². The van der Waals surface area contributed by atoms with Crippen LogP contribution in [0.3, 0.4) is 0 Å². The third kappa shape index (κ3) is 5.82. The molecule has 35 heavy (non-hydrogen) atoms. The quantitative estimate of drug-likeness (QED) is 0.568. The maximum atomic E-state index is 13.8. The minimum absolute atomic E-state index is 0.0199. The van der Waals surface area contributed by atoms with Gasteiger partial charge >= 0.3 is 5.97 Å². The topological polar surface area (TPSA) is 117 Å². The first-order chi connectivity index (χ1) is 16.9. The normalized spacial score (nSPS) is 29.5. The van der Waals surface area contributed by atoms with Gasteiger partial charge in [-0.3, -0.25) is 19.2 Å². The van der Waals surface area contributed by atoms with Crippen LogP contribution in [0.2, 0.25) is 0 Å². The van der Waals surface area contributed by atoms with Crippen molar-refractivity contribution in [1.82, 2.24) is 20.4 Å². The van der Waals surface area contributed by atoms with E-state index < -0.39 is 30.4 Å². The second-order valence-electron chi connectivity index (χ2n) is 9.45. The van der Waals surface area contributed by atoms with Crippen molar-refractivity contribution in [1.29, 1.82) is 0 Å². The highest BCUT2D eigenvalue weighted by Crippen LogP contribution is 2.26. The van der Waals surface area contributed by atoms with Crippen LogP contribution in [-0.4, -0.2) is 90.7 Å². The Morgan fingerprint density at radius 1 is 1.09 bits per heavy atom. The van der Waals surface area contributed by atoms with Crippen LogP contribution in [0.25, 0.3) is 0 Å². The molecule has 3 aliphatic rings. The third-order valence-corrected chi connectivity index (χ3v) is 6.83. The fraction of sp³-hybridized carbons (Fsp3) is 0.600. The first-order valence-electron chi connectivity index (χ1n) is 12.4. The number of amides is 3. The average Bonchev–Trinajstić information content (AvgIpc) is 3.18. The Kier molecular flexibility index (Phi) is 8.02. The fourth-order valence-corrected chi connectivity index (χ4v) is 5.18. The lowest BCUT2D eigenvalue weighted by atomic mass is 9.93. The number of hydrogen-bond acceptors (Lipinski definition) is 7. The Morgan fingerprint density at radius 3 is 2.57 bits per heavy atom. The maximum absolute atomic E-state index is 13.8. The van der Waals surface area contributed by atoms with Crippen molar-refractivity contribution in [2.75, 3.05) is 26.7 Å². The zero-order valence-electron chi connectivity index (χ0n) is 20.3. The number of carbonyl (C=O) groups excluding carboxylic acids is 4. The van der Waals surface area contributed by atoms with E-state index in [-0.39, 0.29) is 30.2 Å². The Labute approximate surface area is 205 Å². The molecule has 3 heterocycles. The first-order valence-corrected chi connectivity index (χ1v) is 12.4. The van der Waals surface area contributed by atoms with Crippen LogP contribution in [-0.2, 0) is 23.9 Å². The number of likely N-dealkylation sites (N-methyl/N-ethyl adjacent to an activating group) is 1. The van der Waals surface area contributed by atoms with E-state index in [1.54, 1.807) is 36.1 Å². The molecule has 3 fully saturated rings. The summed E-state index contributed by atoms with van der Waals surface area (Å²) in [6, 6.07) is 6.58. The molecule has 190 valence electrons. The summed E-state index contributed by atoms with van der Waals surface area (Å²) < 4.78 is 10.6. The number of fused-ring (bicyclic) bond motifs is 1. The minimum Gasteiger partial charge on any atom is -0.433 e. The highest BCUT2D eigenvalue weighted by Gasteiger charge is 2.45. The van der Waals surface area contributed by atoms with Gasteiger partial charge in [0, 0.05) is 31.3 Å². The Balaban J connectivity index is 1.53. The largest absolute Gasteiger partial charge is 0.433 e. The van der Waals surface area contributed by atoms with Gasteiger partial charge in [-0.1, -0.05) is 31.0 Å². The van der Waals surface area contributed by atoms with Crippen molar-refractivity contribution in [2.24, 2.45) is 0 Å². The van der Waals surface area contributed by atoms with Crippen molar-refractivity contribution in [2.45, 2.75) is 69.5 Å². The summed E-state index contributed by atoms with van der Waals surface area (Å²) in [6.45, 7) is 3.14. The lowest BCUT2D eigenvalue weighted by Gasteiger charge is -2.47. The molecule has 0 aliphatic carbocycles. The summed E-state index contributed by atoms with van der Waals surface area (Å²) in [7, 11) is 1.93. The molecule has 0 spiro atoms. The van der Waals surface area contributed by atoms with Crippen LogP contribution in [0.5, 0.6) is 0 Å². The molecule has 5 atom stereocenters. The highest BCUT2D eigenvalue weighted by atomic mass is 16.7. The highest BCUT2D eigenvalue weighted by molar-refractivity contribution is 5.98. The number of piperazine rings is 1. The van der Waals surface area contributed by atoms with E-state index in [1.165, 1.54) is 0 Å². The number of ether oxygens (including phenoxy) is 2. The first kappa shape index (κ1) is 25.1. The van der Waals surface area contributed by atoms with Gasteiger partial charge in [0.25, 0.3) is 5.91 Å². The number of esters is 1. The van der Waals surface area contributed by atoms with E-state index >= 15 is 0 Å². The fourth-order valence-electron chi connectivity index (χ4n) is 5.18. The predicted octanol–water partition coefficient (Wildman–Crippen LogP) is 0.665. The second kappa shape index (κ2) is 11.2. The van der Waals surface area contributed by atoms with Crippen LogP contribution in [0.15, 0.2) is 30.3 Å². The molecule has 2 unspecified atom stereocenters. The molecule has 3 aliphatic heterocycles. The molecule has 3 saturated heterocycles. The van der Waals surface area contributed by atoms with E-state index in [0.29, 0.717) is 31.7 Å². The summed E-state index contributed by atoms with van der Waals surface area (Å²) in [5, 5.41) is 5.79. The molecule has 0 aromatic heterocycles. The van der Waals surface area contributed by atoms with E-state index in [0.717, 1.165) is 19.3 Å². The smallest absolute Gasteiger partial charge is 0.310 e. The SMILES string of the molecule is CCOC1OC(=O)CC1NC(=O)[C@@H]1CN(C)C[C@@H]2CCCC[C@H](NC(=O)c3ccccc3)C(=O)N21. The van der Waals surface area contributed by atoms with Gasteiger partial charge in [-0.05, 0) is 38.9 Å². The van der Waals surface area contributed by atoms with Crippen LogP contribution in [0.4, 0.5) is 0 Å². The van der Waals surface area contributed by atoms with Gasteiger partial charge in [0.15, 0.2) is 0 Å². The molecule has 10 heteroatoms. The van der Waals surface area contributed by atoms with Crippen LogP contribution in [0, 0.1) is 0 Å². The lowest BCUT2D eigenvalue weighted by Crippen LogP contribution is -2.68. The van der Waals surface area contributed by atoms with Crippen LogP contribution < -0.4 is 10.6 Å². The second-order valence-corrected chi connectivity index (χ2v) is 9.45. The van der Waals surface area contributed by atoms with Gasteiger partial charge in [0.2, 0.25) is 18.1 Å². The van der Waals surface area contributed by atoms with Crippen molar-refractivity contribution in [3.63, 3.8) is 0 Å². The van der Waals surface area contributed by atoms with Crippen molar-refractivity contribution < 1.29 is 28.7 Å².